The van der Waals surface area contributed by atoms with Gasteiger partial charge in [-0.3, -0.25) is 4.79 Å². The van der Waals surface area contributed by atoms with E-state index in [1.54, 1.807) is 24.5 Å². The predicted octanol–water partition coefficient (Wildman–Crippen LogP) is 1.24. The summed E-state index contributed by atoms with van der Waals surface area (Å²) in [6, 6.07) is 0.506. The highest BCUT2D eigenvalue weighted by Gasteiger charge is 2.28. The van der Waals surface area contributed by atoms with E-state index in [9.17, 15) is 4.79 Å². The number of likely N-dealkylation sites (N-methyl/N-ethyl adjacent to an activating group) is 1. The predicted molar refractivity (Wildman–Crippen MR) is 105 cm³/mol. The molecule has 0 saturated carbocycles. The number of nitrogens with zero attached hydrogens (tertiary/aromatic N) is 7. The highest BCUT2D eigenvalue weighted by molar-refractivity contribution is 5.90. The van der Waals surface area contributed by atoms with E-state index in [0.29, 0.717) is 12.6 Å². The number of amides is 1. The molecular weight excluding hydrogens is 342 g/mol. The molecule has 1 saturated heterocycles. The quantitative estimate of drug-likeness (QED) is 0.788. The Kier molecular flexibility index (Phi) is 5.46. The van der Waals surface area contributed by atoms with E-state index in [1.165, 1.54) is 0 Å². The van der Waals surface area contributed by atoms with Crippen molar-refractivity contribution in [2.24, 2.45) is 7.05 Å². The zero-order chi connectivity index (χ0) is 19.7. The van der Waals surface area contributed by atoms with Crippen LogP contribution in [0.3, 0.4) is 0 Å². The molecular formula is C19H29N7O. The van der Waals surface area contributed by atoms with Gasteiger partial charge in [0.2, 0.25) is 5.82 Å². The first-order valence-corrected chi connectivity index (χ1v) is 9.25. The fraction of sp³-hybridized carbons (Fsp3) is 0.579. The lowest BCUT2D eigenvalue weighted by Crippen LogP contribution is -2.33. The van der Waals surface area contributed by atoms with Gasteiger partial charge < -0.3 is 19.3 Å². The summed E-state index contributed by atoms with van der Waals surface area (Å²) in [5, 5.41) is 0. The second-order valence-corrected chi connectivity index (χ2v) is 7.59. The Labute approximate surface area is 160 Å². The molecule has 8 nitrogen and oxygen atoms in total. The van der Waals surface area contributed by atoms with E-state index in [-0.39, 0.29) is 11.7 Å². The fourth-order valence-electron chi connectivity index (χ4n) is 3.40. The fourth-order valence-corrected chi connectivity index (χ4v) is 3.40. The zero-order valence-electron chi connectivity index (χ0n) is 17.1. The molecule has 27 heavy (non-hydrogen) atoms. The van der Waals surface area contributed by atoms with Crippen molar-refractivity contribution in [3.8, 4) is 0 Å². The Morgan fingerprint density at radius 2 is 2.00 bits per heavy atom. The molecule has 2 aromatic rings. The molecule has 0 bridgehead atoms. The van der Waals surface area contributed by atoms with Gasteiger partial charge in [-0.1, -0.05) is 0 Å². The summed E-state index contributed by atoms with van der Waals surface area (Å²) in [6.45, 7) is 6.30. The standard InChI is InChI=1S/C19H29N7O/c1-13-14(2)21-17(19(27)24(5)10-16-9-20-12-25(16)6)22-18(13)26-8-7-15(11-26)23(3)4/h9,12,15H,7-8,10-11H2,1-6H3/t15-/m1/s1. The van der Waals surface area contributed by atoms with Gasteiger partial charge in [0.1, 0.15) is 5.82 Å². The molecule has 2 aromatic heterocycles. The minimum atomic E-state index is -0.177. The third-order valence-corrected chi connectivity index (χ3v) is 5.41. The van der Waals surface area contributed by atoms with Gasteiger partial charge in [0, 0.05) is 50.7 Å². The minimum Gasteiger partial charge on any atom is -0.355 e. The van der Waals surface area contributed by atoms with E-state index >= 15 is 0 Å². The maximum atomic E-state index is 12.9. The lowest BCUT2D eigenvalue weighted by Gasteiger charge is -2.24. The summed E-state index contributed by atoms with van der Waals surface area (Å²) in [5.74, 6) is 0.958. The van der Waals surface area contributed by atoms with Crippen LogP contribution in [0, 0.1) is 13.8 Å². The van der Waals surface area contributed by atoms with E-state index in [2.05, 4.69) is 38.8 Å². The third-order valence-electron chi connectivity index (χ3n) is 5.41. The van der Waals surface area contributed by atoms with E-state index in [4.69, 9.17) is 0 Å². The number of hydrogen-bond donors (Lipinski definition) is 0. The molecule has 0 radical (unpaired) electrons. The van der Waals surface area contributed by atoms with Gasteiger partial charge in [-0.05, 0) is 34.4 Å². The molecule has 0 aromatic carbocycles. The van der Waals surface area contributed by atoms with Gasteiger partial charge in [-0.25, -0.2) is 15.0 Å². The zero-order valence-corrected chi connectivity index (χ0v) is 17.1. The van der Waals surface area contributed by atoms with E-state index in [0.717, 1.165) is 42.3 Å². The molecule has 1 amide bonds. The highest BCUT2D eigenvalue weighted by atomic mass is 16.2. The maximum Gasteiger partial charge on any atom is 0.291 e. The molecule has 1 aliphatic heterocycles. The van der Waals surface area contributed by atoms with Crippen molar-refractivity contribution in [2.45, 2.75) is 32.9 Å². The summed E-state index contributed by atoms with van der Waals surface area (Å²) in [6.07, 6.45) is 4.59. The van der Waals surface area contributed by atoms with Crippen LogP contribution in [-0.2, 0) is 13.6 Å². The first kappa shape index (κ1) is 19.3. The highest BCUT2D eigenvalue weighted by Crippen LogP contribution is 2.25. The van der Waals surface area contributed by atoms with Crippen LogP contribution in [-0.4, -0.2) is 75.5 Å². The van der Waals surface area contributed by atoms with E-state index in [1.807, 2.05) is 25.5 Å². The average Bonchev–Trinajstić information content (AvgIpc) is 3.26. The minimum absolute atomic E-state index is 0.177. The number of carbonyl (C=O) groups is 1. The molecule has 8 heteroatoms. The monoisotopic (exact) mass is 371 g/mol. The Hall–Kier alpha value is -2.48. The largest absolute Gasteiger partial charge is 0.355 e. The smallest absolute Gasteiger partial charge is 0.291 e. The SMILES string of the molecule is Cc1nc(C(=O)N(C)Cc2cncn2C)nc(N2CC[C@@H](N(C)C)C2)c1C. The van der Waals surface area contributed by atoms with Gasteiger partial charge in [0.25, 0.3) is 5.91 Å². The van der Waals surface area contributed by atoms with Crippen LogP contribution >= 0.6 is 0 Å². The molecule has 0 N–H and O–H groups in total. The Morgan fingerprint density at radius 1 is 1.26 bits per heavy atom. The van der Waals surface area contributed by atoms with Crippen molar-refractivity contribution in [2.75, 3.05) is 39.1 Å². The average molecular weight is 371 g/mol. The summed E-state index contributed by atoms with van der Waals surface area (Å²) in [5.41, 5.74) is 2.86. The van der Waals surface area contributed by atoms with Gasteiger partial charge in [0.15, 0.2) is 0 Å². The lowest BCUT2D eigenvalue weighted by molar-refractivity contribution is 0.0770. The molecule has 1 atom stereocenters. The summed E-state index contributed by atoms with van der Waals surface area (Å²) in [7, 11) is 7.90. The number of carbonyl (C=O) groups excluding carboxylic acids is 1. The number of imidazole rings is 1. The van der Waals surface area contributed by atoms with Gasteiger partial charge >= 0.3 is 0 Å². The number of rotatable bonds is 5. The molecule has 146 valence electrons. The van der Waals surface area contributed by atoms with Crippen molar-refractivity contribution < 1.29 is 4.79 Å². The molecule has 0 spiro atoms. The molecule has 0 aliphatic carbocycles. The first-order chi connectivity index (χ1) is 12.8. The number of anilines is 1. The van der Waals surface area contributed by atoms with Crippen LogP contribution in [0.5, 0.6) is 0 Å². The van der Waals surface area contributed by atoms with Crippen LogP contribution in [0.2, 0.25) is 0 Å². The second kappa shape index (κ2) is 7.64. The van der Waals surface area contributed by atoms with E-state index < -0.39 is 0 Å². The van der Waals surface area contributed by atoms with Gasteiger partial charge in [-0.15, -0.1) is 0 Å². The Bertz CT molecular complexity index is 829. The number of aryl methyl sites for hydroxylation is 2. The molecule has 3 heterocycles. The molecule has 1 fully saturated rings. The number of aromatic nitrogens is 4. The van der Waals surface area contributed by atoms with Crippen LogP contribution in [0.25, 0.3) is 0 Å². The summed E-state index contributed by atoms with van der Waals surface area (Å²) >= 11 is 0. The second-order valence-electron chi connectivity index (χ2n) is 7.59. The molecule has 3 rings (SSSR count). The topological polar surface area (TPSA) is 70.4 Å². The van der Waals surface area contributed by atoms with Crippen molar-refractivity contribution in [3.63, 3.8) is 0 Å². The van der Waals surface area contributed by atoms with Crippen LogP contribution in [0.15, 0.2) is 12.5 Å². The Balaban J connectivity index is 1.83. The van der Waals surface area contributed by atoms with Crippen molar-refractivity contribution in [1.82, 2.24) is 29.3 Å². The molecule has 0 unspecified atom stereocenters. The van der Waals surface area contributed by atoms with Gasteiger partial charge in [-0.2, -0.15) is 0 Å². The summed E-state index contributed by atoms with van der Waals surface area (Å²) < 4.78 is 1.90. The number of hydrogen-bond acceptors (Lipinski definition) is 6. The first-order valence-electron chi connectivity index (χ1n) is 9.25. The van der Waals surface area contributed by atoms with Crippen LogP contribution in [0.1, 0.15) is 34.0 Å². The normalized spacial score (nSPS) is 17.0. The van der Waals surface area contributed by atoms with Crippen molar-refractivity contribution in [3.05, 3.63) is 35.3 Å². The summed E-state index contributed by atoms with van der Waals surface area (Å²) in [4.78, 5) is 32.3. The Morgan fingerprint density at radius 3 is 2.59 bits per heavy atom. The van der Waals surface area contributed by atoms with Crippen LogP contribution < -0.4 is 4.90 Å². The third kappa shape index (κ3) is 3.95. The van der Waals surface area contributed by atoms with Crippen molar-refractivity contribution in [1.29, 1.82) is 0 Å². The van der Waals surface area contributed by atoms with Gasteiger partial charge in [0.05, 0.1) is 18.6 Å². The van der Waals surface area contributed by atoms with Crippen LogP contribution in [0.4, 0.5) is 5.82 Å². The molecule has 1 aliphatic rings. The van der Waals surface area contributed by atoms with Crippen molar-refractivity contribution >= 4 is 11.7 Å². The lowest BCUT2D eigenvalue weighted by atomic mass is 10.2. The maximum absolute atomic E-state index is 12.9.